The fourth-order valence-electron chi connectivity index (χ4n) is 4.27. The minimum Gasteiger partial charge on any atom is -0.497 e. The Morgan fingerprint density at radius 1 is 1.04 bits per heavy atom. The molecule has 2 heterocycles. The van der Waals surface area contributed by atoms with Crippen LogP contribution in [0.4, 0.5) is 46.9 Å². The van der Waals surface area contributed by atoms with Gasteiger partial charge in [-0.3, -0.25) is 9.69 Å². The molecule has 246 valence electrons. The Labute approximate surface area is 265 Å². The van der Waals surface area contributed by atoms with Crippen molar-refractivity contribution in [2.24, 2.45) is 4.99 Å². The first kappa shape index (κ1) is 33.4. The molecule has 3 aromatic carbocycles. The van der Waals surface area contributed by atoms with Crippen LogP contribution < -0.4 is 15.0 Å². The van der Waals surface area contributed by atoms with E-state index in [4.69, 9.17) is 9.47 Å². The number of thioether (sulfide) groups is 1. The van der Waals surface area contributed by atoms with Gasteiger partial charge in [-0.15, -0.1) is 5.10 Å². The Balaban J connectivity index is 1.31. The van der Waals surface area contributed by atoms with Crippen molar-refractivity contribution in [2.75, 3.05) is 29.7 Å². The molecule has 4 aromatic rings. The van der Waals surface area contributed by atoms with Crippen LogP contribution >= 0.6 is 11.8 Å². The highest BCUT2D eigenvalue weighted by atomic mass is 32.2. The van der Waals surface area contributed by atoms with Crippen molar-refractivity contribution in [1.29, 1.82) is 0 Å². The van der Waals surface area contributed by atoms with E-state index in [1.165, 1.54) is 60.6 Å². The summed E-state index contributed by atoms with van der Waals surface area (Å²) in [6.07, 6.45) is -7.84. The number of aromatic nitrogens is 3. The fraction of sp³-hybridized carbons (Fsp3) is 0.207. The molecule has 1 N–H and O–H groups in total. The van der Waals surface area contributed by atoms with Gasteiger partial charge in [-0.1, -0.05) is 30.0 Å². The average molecular weight is 683 g/mol. The highest BCUT2D eigenvalue weighted by molar-refractivity contribution is 8.15. The van der Waals surface area contributed by atoms with Crippen molar-refractivity contribution in [3.8, 4) is 22.8 Å². The maximum Gasteiger partial charge on any atom is 0.416 e. The topological polar surface area (TPSA) is 111 Å². The average Bonchev–Trinajstić information content (AvgIpc) is 3.64. The van der Waals surface area contributed by atoms with E-state index in [1.54, 1.807) is 0 Å². The van der Waals surface area contributed by atoms with E-state index in [2.05, 4.69) is 20.4 Å². The lowest BCUT2D eigenvalue weighted by Gasteiger charge is -2.21. The van der Waals surface area contributed by atoms with Crippen LogP contribution in [0.15, 0.2) is 72.0 Å². The molecule has 10 nitrogen and oxygen atoms in total. The van der Waals surface area contributed by atoms with Gasteiger partial charge in [0.1, 0.15) is 24.5 Å². The van der Waals surface area contributed by atoms with Crippen LogP contribution in [0, 0.1) is 5.82 Å². The summed E-state index contributed by atoms with van der Waals surface area (Å²) in [5.74, 6) is -1.19. The summed E-state index contributed by atoms with van der Waals surface area (Å²) in [6, 6.07) is 11.0. The maximum atomic E-state index is 15.0. The lowest BCUT2D eigenvalue weighted by molar-refractivity contribution is -0.176. The number of aliphatic imine (C=N–C) groups is 1. The normalized spacial score (nSPS) is 14.6. The smallest absolute Gasteiger partial charge is 0.416 e. The summed E-state index contributed by atoms with van der Waals surface area (Å²) in [4.78, 5) is 34.6. The number of rotatable bonds is 8. The van der Waals surface area contributed by atoms with E-state index in [1.807, 2.05) is 0 Å². The van der Waals surface area contributed by atoms with Gasteiger partial charge in [0.05, 0.1) is 42.1 Å². The van der Waals surface area contributed by atoms with Crippen molar-refractivity contribution in [2.45, 2.75) is 19.0 Å². The number of halogens is 7. The molecule has 1 fully saturated rings. The maximum absolute atomic E-state index is 15.0. The Morgan fingerprint density at radius 2 is 1.79 bits per heavy atom. The number of nitrogens with one attached hydrogen (secondary N) is 1. The van der Waals surface area contributed by atoms with Gasteiger partial charge in [-0.05, 0) is 30.3 Å². The molecular formula is C29H21F7N6O4S. The van der Waals surface area contributed by atoms with E-state index in [-0.39, 0.29) is 45.1 Å². The molecule has 1 aliphatic rings. The van der Waals surface area contributed by atoms with Crippen LogP contribution in [0.25, 0.3) is 17.1 Å². The summed E-state index contributed by atoms with van der Waals surface area (Å²) in [5, 5.41) is 6.33. The molecule has 0 spiro atoms. The minimum atomic E-state index is -4.57. The molecule has 0 radical (unpaired) electrons. The summed E-state index contributed by atoms with van der Waals surface area (Å²) in [5.41, 5.74) is -0.362. The van der Waals surface area contributed by atoms with Gasteiger partial charge in [0.25, 0.3) is 0 Å². The molecular weight excluding hydrogens is 661 g/mol. The second-order valence-corrected chi connectivity index (χ2v) is 10.6. The van der Waals surface area contributed by atoms with E-state index in [0.29, 0.717) is 5.56 Å². The molecule has 18 heteroatoms. The molecule has 1 saturated heterocycles. The van der Waals surface area contributed by atoms with Crippen LogP contribution in [0.3, 0.4) is 0 Å². The first-order valence-electron chi connectivity index (χ1n) is 13.3. The van der Waals surface area contributed by atoms with E-state index in [9.17, 15) is 35.9 Å². The third kappa shape index (κ3) is 8.07. The molecule has 0 unspecified atom stereocenters. The third-order valence-corrected chi connectivity index (χ3v) is 7.36. The van der Waals surface area contributed by atoms with Crippen molar-refractivity contribution in [3.05, 3.63) is 83.9 Å². The monoisotopic (exact) mass is 682 g/mol. The number of urea groups is 1. The van der Waals surface area contributed by atoms with Crippen molar-refractivity contribution < 1.29 is 49.8 Å². The second kappa shape index (κ2) is 13.4. The van der Waals surface area contributed by atoms with Gasteiger partial charge in [0.2, 0.25) is 5.91 Å². The van der Waals surface area contributed by atoms with Gasteiger partial charge >= 0.3 is 18.4 Å². The first-order valence-corrected chi connectivity index (χ1v) is 14.3. The molecule has 3 amide bonds. The molecule has 5 rings (SSSR count). The molecule has 0 atom stereocenters. The number of alkyl halides is 6. The van der Waals surface area contributed by atoms with Gasteiger partial charge in [0.15, 0.2) is 11.0 Å². The van der Waals surface area contributed by atoms with Crippen molar-refractivity contribution >= 4 is 40.2 Å². The fourth-order valence-corrected chi connectivity index (χ4v) is 5.12. The molecule has 47 heavy (non-hydrogen) atoms. The largest absolute Gasteiger partial charge is 0.497 e. The van der Waals surface area contributed by atoms with Crippen LogP contribution in [0.1, 0.15) is 11.1 Å². The zero-order chi connectivity index (χ0) is 33.9. The van der Waals surface area contributed by atoms with E-state index >= 15 is 4.39 Å². The minimum absolute atomic E-state index is 0.0895. The number of hydrogen-bond acceptors (Lipinski definition) is 7. The first-order chi connectivity index (χ1) is 22.2. The standard InChI is InChI=1S/C29H21F7N6O4S/c1-45-20-8-4-17(12-46-14-28(31,32)33)23(11-20)42-24(43)13-47-27(42)39-26(44)38-22-9-7-19(10-21(22)30)41-15-37-25(40-41)16-2-5-18(6-3-16)29(34,35)36/h2-11,15H,12-14H2,1H3,(H,38,44). The van der Waals surface area contributed by atoms with Crippen LogP contribution in [0.5, 0.6) is 5.75 Å². The number of amides is 3. The van der Waals surface area contributed by atoms with Crippen LogP contribution in [-0.2, 0) is 22.3 Å². The number of carbonyl (C=O) groups is 2. The van der Waals surface area contributed by atoms with Crippen molar-refractivity contribution in [3.63, 3.8) is 0 Å². The number of ether oxygens (including phenoxy) is 2. The van der Waals surface area contributed by atoms with Crippen molar-refractivity contribution in [1.82, 2.24) is 14.8 Å². The molecule has 1 aliphatic heterocycles. The number of methoxy groups -OCH3 is 1. The third-order valence-electron chi connectivity index (χ3n) is 6.44. The van der Waals surface area contributed by atoms with Gasteiger partial charge < -0.3 is 14.8 Å². The molecule has 0 aliphatic carbocycles. The van der Waals surface area contributed by atoms with Crippen LogP contribution in [-0.4, -0.2) is 57.5 Å². The van der Waals surface area contributed by atoms with Crippen LogP contribution in [0.2, 0.25) is 0 Å². The zero-order valence-electron chi connectivity index (χ0n) is 23.9. The highest BCUT2D eigenvalue weighted by Gasteiger charge is 2.33. The molecule has 1 aromatic heterocycles. The summed E-state index contributed by atoms with van der Waals surface area (Å²) >= 11 is 0.885. The van der Waals surface area contributed by atoms with E-state index in [0.717, 1.165) is 34.9 Å². The number of hydrogen-bond donors (Lipinski definition) is 1. The summed E-state index contributed by atoms with van der Waals surface area (Å²) in [7, 11) is 1.35. The highest BCUT2D eigenvalue weighted by Crippen LogP contribution is 2.34. The van der Waals surface area contributed by atoms with Gasteiger partial charge in [-0.2, -0.15) is 31.3 Å². The second-order valence-electron chi connectivity index (χ2n) is 9.70. The summed E-state index contributed by atoms with van der Waals surface area (Å²) < 4.78 is 103. The predicted molar refractivity (Wildman–Crippen MR) is 157 cm³/mol. The molecule has 0 saturated carbocycles. The number of benzene rings is 3. The zero-order valence-corrected chi connectivity index (χ0v) is 24.7. The van der Waals surface area contributed by atoms with Gasteiger partial charge in [-0.25, -0.2) is 18.9 Å². The Hall–Kier alpha value is -4.97. The van der Waals surface area contributed by atoms with E-state index < -0.39 is 48.9 Å². The lowest BCUT2D eigenvalue weighted by atomic mass is 10.1. The lowest BCUT2D eigenvalue weighted by Crippen LogP contribution is -2.31. The Kier molecular flexibility index (Phi) is 9.53. The number of nitrogens with zero attached hydrogens (tertiary/aromatic N) is 5. The molecule has 0 bridgehead atoms. The number of amidine groups is 1. The quantitative estimate of drug-likeness (QED) is 0.203. The number of carbonyl (C=O) groups excluding carboxylic acids is 2. The summed E-state index contributed by atoms with van der Waals surface area (Å²) in [6.45, 7) is -2.03. The Morgan fingerprint density at radius 3 is 2.45 bits per heavy atom. The van der Waals surface area contributed by atoms with Gasteiger partial charge in [0, 0.05) is 23.3 Å². The predicted octanol–water partition coefficient (Wildman–Crippen LogP) is 6.85. The SMILES string of the molecule is COc1ccc(COCC(F)(F)F)c(N2C(=O)CSC2=NC(=O)Nc2ccc(-n3cnc(-c4ccc(C(F)(F)F)cc4)n3)cc2F)c1. The Bertz CT molecular complexity index is 1830. The number of anilines is 2.